The Kier molecular flexibility index (Phi) is 4.07. The van der Waals surface area contributed by atoms with Gasteiger partial charge in [0.1, 0.15) is 0 Å². The molecule has 0 bridgehead atoms. The van der Waals surface area contributed by atoms with E-state index in [4.69, 9.17) is 0 Å². The van der Waals surface area contributed by atoms with E-state index in [-0.39, 0.29) is 11.3 Å². The summed E-state index contributed by atoms with van der Waals surface area (Å²) in [6.07, 6.45) is 0. The number of nitro groups is 1. The molecule has 0 spiro atoms. The Morgan fingerprint density at radius 1 is 1.15 bits per heavy atom. The van der Waals surface area contributed by atoms with Gasteiger partial charge >= 0.3 is 5.97 Å². The minimum absolute atomic E-state index is 0.0762. The Morgan fingerprint density at radius 3 is 2.45 bits per heavy atom. The van der Waals surface area contributed by atoms with Crippen LogP contribution in [0.5, 0.6) is 0 Å². The van der Waals surface area contributed by atoms with Gasteiger partial charge in [-0.15, -0.1) is 0 Å². The molecule has 0 aromatic heterocycles. The molecule has 0 N–H and O–H groups in total. The fourth-order valence-corrected chi connectivity index (χ4v) is 1.80. The minimum atomic E-state index is -0.782. The fourth-order valence-electron chi connectivity index (χ4n) is 1.80. The van der Waals surface area contributed by atoms with Crippen LogP contribution in [0.3, 0.4) is 0 Å². The molecule has 0 radical (unpaired) electrons. The Bertz CT molecular complexity index is 639. The molecular weight excluding hydrogens is 262 g/mol. The lowest BCUT2D eigenvalue weighted by Crippen LogP contribution is -2.06. The lowest BCUT2D eigenvalue weighted by atomic mass is 9.99. The van der Waals surface area contributed by atoms with Crippen LogP contribution < -0.4 is 0 Å². The van der Waals surface area contributed by atoms with Gasteiger partial charge in [0.05, 0.1) is 17.6 Å². The van der Waals surface area contributed by atoms with Crippen molar-refractivity contribution in [1.82, 2.24) is 0 Å². The van der Waals surface area contributed by atoms with Crippen LogP contribution in [-0.2, 0) is 9.78 Å². The first kappa shape index (κ1) is 13.7. The number of nitro benzene ring substituents is 1. The lowest BCUT2D eigenvalue weighted by molar-refractivity contribution is -0.384. The van der Waals surface area contributed by atoms with E-state index in [1.54, 1.807) is 12.1 Å². The first-order chi connectivity index (χ1) is 9.63. The van der Waals surface area contributed by atoms with Gasteiger partial charge < -0.3 is 0 Å². The molecular formula is C14H11NO5. The number of hydrogen-bond acceptors (Lipinski definition) is 5. The number of hydrogen-bond donors (Lipinski definition) is 0. The van der Waals surface area contributed by atoms with Crippen LogP contribution in [0, 0.1) is 10.1 Å². The maximum absolute atomic E-state index is 11.8. The van der Waals surface area contributed by atoms with Crippen molar-refractivity contribution >= 4 is 11.7 Å². The van der Waals surface area contributed by atoms with E-state index < -0.39 is 10.9 Å². The Hall–Kier alpha value is -2.73. The van der Waals surface area contributed by atoms with E-state index in [2.05, 4.69) is 9.78 Å². The number of carbonyl (C=O) groups is 1. The van der Waals surface area contributed by atoms with Crippen LogP contribution in [-0.4, -0.2) is 18.0 Å². The average Bonchev–Trinajstić information content (AvgIpc) is 2.47. The SMILES string of the molecule is COOC(=O)c1cc([N+](=O)[O-])ccc1-c1ccccc1. The van der Waals surface area contributed by atoms with Gasteiger partial charge in [-0.25, -0.2) is 4.79 Å². The topological polar surface area (TPSA) is 78.7 Å². The van der Waals surface area contributed by atoms with E-state index in [1.165, 1.54) is 25.3 Å². The highest BCUT2D eigenvalue weighted by Gasteiger charge is 2.19. The van der Waals surface area contributed by atoms with Gasteiger partial charge in [0.15, 0.2) is 0 Å². The Balaban J connectivity index is 2.56. The molecule has 6 nitrogen and oxygen atoms in total. The van der Waals surface area contributed by atoms with Crippen molar-refractivity contribution in [3.63, 3.8) is 0 Å². The lowest BCUT2D eigenvalue weighted by Gasteiger charge is -2.08. The Morgan fingerprint density at radius 2 is 1.85 bits per heavy atom. The van der Waals surface area contributed by atoms with Crippen LogP contribution >= 0.6 is 0 Å². The summed E-state index contributed by atoms with van der Waals surface area (Å²) in [4.78, 5) is 30.9. The predicted octanol–water partition coefficient (Wildman–Crippen LogP) is 2.98. The highest BCUT2D eigenvalue weighted by molar-refractivity contribution is 5.97. The van der Waals surface area contributed by atoms with Crippen molar-refractivity contribution in [3.8, 4) is 11.1 Å². The van der Waals surface area contributed by atoms with Crippen molar-refractivity contribution in [2.75, 3.05) is 7.11 Å². The van der Waals surface area contributed by atoms with Gasteiger partial charge in [0.2, 0.25) is 0 Å². The number of non-ortho nitro benzene ring substituents is 1. The summed E-state index contributed by atoms with van der Waals surface area (Å²) in [5, 5.41) is 10.8. The fraction of sp³-hybridized carbons (Fsp3) is 0.0714. The van der Waals surface area contributed by atoms with Crippen LogP contribution in [0.4, 0.5) is 5.69 Å². The average molecular weight is 273 g/mol. The monoisotopic (exact) mass is 273 g/mol. The normalized spacial score (nSPS) is 10.1. The number of rotatable bonds is 4. The molecule has 102 valence electrons. The van der Waals surface area contributed by atoms with Gasteiger partial charge in [0, 0.05) is 12.1 Å². The molecule has 6 heteroatoms. The number of nitrogens with zero attached hydrogens (tertiary/aromatic N) is 1. The first-order valence-corrected chi connectivity index (χ1v) is 5.72. The van der Waals surface area contributed by atoms with Crippen LogP contribution in [0.1, 0.15) is 10.4 Å². The molecule has 2 aromatic carbocycles. The van der Waals surface area contributed by atoms with Crippen LogP contribution in [0.15, 0.2) is 48.5 Å². The molecule has 0 saturated carbocycles. The smallest absolute Gasteiger partial charge is 0.293 e. The van der Waals surface area contributed by atoms with Crippen LogP contribution in [0.25, 0.3) is 11.1 Å². The van der Waals surface area contributed by atoms with Gasteiger partial charge in [-0.05, 0) is 17.2 Å². The standard InChI is InChI=1S/C14H11NO5/c1-19-20-14(16)13-9-11(15(17)18)7-8-12(13)10-5-3-2-4-6-10/h2-9H,1H3. The molecule has 0 aliphatic carbocycles. The second-order valence-electron chi connectivity index (χ2n) is 3.89. The van der Waals surface area contributed by atoms with Gasteiger partial charge in [-0.1, -0.05) is 30.3 Å². The molecule has 0 aliphatic rings. The van der Waals surface area contributed by atoms with Crippen molar-refractivity contribution in [1.29, 1.82) is 0 Å². The quantitative estimate of drug-likeness (QED) is 0.486. The number of benzene rings is 2. The number of carbonyl (C=O) groups excluding carboxylic acids is 1. The van der Waals surface area contributed by atoms with Crippen molar-refractivity contribution in [2.45, 2.75) is 0 Å². The predicted molar refractivity (Wildman–Crippen MR) is 71.0 cm³/mol. The maximum Gasteiger partial charge on any atom is 0.373 e. The van der Waals surface area contributed by atoms with Crippen molar-refractivity contribution < 1.29 is 19.5 Å². The molecule has 2 aromatic rings. The van der Waals surface area contributed by atoms with E-state index in [0.29, 0.717) is 5.56 Å². The maximum atomic E-state index is 11.8. The third kappa shape index (κ3) is 2.81. The summed E-state index contributed by atoms with van der Waals surface area (Å²) in [6.45, 7) is 0. The largest absolute Gasteiger partial charge is 0.373 e. The summed E-state index contributed by atoms with van der Waals surface area (Å²) in [7, 11) is 1.19. The second kappa shape index (κ2) is 5.94. The van der Waals surface area contributed by atoms with E-state index in [9.17, 15) is 14.9 Å². The zero-order chi connectivity index (χ0) is 14.5. The first-order valence-electron chi connectivity index (χ1n) is 5.72. The second-order valence-corrected chi connectivity index (χ2v) is 3.89. The molecule has 0 saturated heterocycles. The van der Waals surface area contributed by atoms with Crippen LogP contribution in [0.2, 0.25) is 0 Å². The highest BCUT2D eigenvalue weighted by atomic mass is 17.2. The molecule has 0 amide bonds. The molecule has 0 fully saturated rings. The van der Waals surface area contributed by atoms with E-state index >= 15 is 0 Å². The van der Waals surface area contributed by atoms with Gasteiger partial charge in [-0.2, -0.15) is 4.89 Å². The van der Waals surface area contributed by atoms with E-state index in [0.717, 1.165) is 5.56 Å². The molecule has 0 atom stereocenters. The molecule has 0 aliphatic heterocycles. The highest BCUT2D eigenvalue weighted by Crippen LogP contribution is 2.27. The van der Waals surface area contributed by atoms with Crippen molar-refractivity contribution in [3.05, 3.63) is 64.2 Å². The summed E-state index contributed by atoms with van der Waals surface area (Å²) < 4.78 is 0. The summed E-state index contributed by atoms with van der Waals surface area (Å²) >= 11 is 0. The third-order valence-corrected chi connectivity index (χ3v) is 2.68. The zero-order valence-electron chi connectivity index (χ0n) is 10.6. The summed E-state index contributed by atoms with van der Waals surface area (Å²) in [5.41, 5.74) is 1.18. The van der Waals surface area contributed by atoms with Crippen molar-refractivity contribution in [2.24, 2.45) is 0 Å². The summed E-state index contributed by atoms with van der Waals surface area (Å²) in [5.74, 6) is -0.782. The summed E-state index contributed by atoms with van der Waals surface area (Å²) in [6, 6.07) is 13.1. The molecule has 2 rings (SSSR count). The van der Waals surface area contributed by atoms with Gasteiger partial charge in [0.25, 0.3) is 5.69 Å². The molecule has 0 unspecified atom stereocenters. The van der Waals surface area contributed by atoms with E-state index in [1.807, 2.05) is 18.2 Å². The third-order valence-electron chi connectivity index (χ3n) is 2.68. The molecule has 20 heavy (non-hydrogen) atoms. The zero-order valence-corrected chi connectivity index (χ0v) is 10.6. The van der Waals surface area contributed by atoms with Gasteiger partial charge in [-0.3, -0.25) is 15.0 Å². The Labute approximate surface area is 114 Å². The minimum Gasteiger partial charge on any atom is -0.293 e. The molecule has 0 heterocycles.